The van der Waals surface area contributed by atoms with Crippen molar-refractivity contribution in [2.75, 3.05) is 38.3 Å². The van der Waals surface area contributed by atoms with Gasteiger partial charge in [-0.1, -0.05) is 87.4 Å². The fourth-order valence-corrected chi connectivity index (χ4v) is 5.64. The summed E-state index contributed by atoms with van der Waals surface area (Å²) in [5.74, 6) is -1.83. The summed E-state index contributed by atoms with van der Waals surface area (Å²) >= 11 is 0. The number of aromatic nitrogens is 1. The van der Waals surface area contributed by atoms with E-state index < -0.39 is 48.2 Å². The van der Waals surface area contributed by atoms with Crippen LogP contribution in [0, 0.1) is 0 Å². The molecule has 0 spiro atoms. The number of hydrogen-bond acceptors (Lipinski definition) is 10. The minimum atomic E-state index is -1.46. The van der Waals surface area contributed by atoms with Gasteiger partial charge in [0, 0.05) is 25.8 Å². The number of imide groups is 2. The van der Waals surface area contributed by atoms with Gasteiger partial charge in [0.05, 0.1) is 20.3 Å². The number of urea groups is 2. The van der Waals surface area contributed by atoms with E-state index in [9.17, 15) is 28.8 Å². The van der Waals surface area contributed by atoms with E-state index in [0.29, 0.717) is 36.1 Å². The van der Waals surface area contributed by atoms with Crippen molar-refractivity contribution in [2.45, 2.75) is 71.0 Å². The maximum atomic E-state index is 13.9. The molecule has 2 atom stereocenters. The summed E-state index contributed by atoms with van der Waals surface area (Å²) in [6.07, 6.45) is 2.97. The molecule has 1 aliphatic heterocycles. The van der Waals surface area contributed by atoms with Crippen LogP contribution in [0.4, 0.5) is 25.0 Å². The number of esters is 1. The van der Waals surface area contributed by atoms with Gasteiger partial charge in [-0.3, -0.25) is 4.79 Å². The number of amides is 7. The van der Waals surface area contributed by atoms with E-state index in [-0.39, 0.29) is 38.7 Å². The number of carbonyl (C=O) groups excluding carboxylic acids is 6. The average molecular weight is 745 g/mol. The van der Waals surface area contributed by atoms with Gasteiger partial charge in [-0.15, -0.1) is 0 Å². The van der Waals surface area contributed by atoms with Gasteiger partial charge in [-0.05, 0) is 54.5 Å². The summed E-state index contributed by atoms with van der Waals surface area (Å²) in [5.41, 5.74) is 2.27. The Bertz CT molecular complexity index is 1700. The third-order valence-corrected chi connectivity index (χ3v) is 8.60. The van der Waals surface area contributed by atoms with E-state index in [2.05, 4.69) is 15.6 Å². The molecule has 1 aromatic heterocycles. The molecule has 2 aromatic carbocycles. The van der Waals surface area contributed by atoms with Crippen molar-refractivity contribution in [2.24, 2.45) is 0 Å². The molecule has 4 rings (SSSR count). The van der Waals surface area contributed by atoms with Gasteiger partial charge < -0.3 is 29.7 Å². The Morgan fingerprint density at radius 1 is 0.778 bits per heavy atom. The van der Waals surface area contributed by atoms with Crippen LogP contribution in [0.25, 0.3) is 0 Å². The fourth-order valence-electron chi connectivity index (χ4n) is 5.64. The molecule has 3 aromatic rings. The van der Waals surface area contributed by atoms with Gasteiger partial charge in [0.15, 0.2) is 6.04 Å². The topological polar surface area (TPSA) is 177 Å². The molecule has 2 N–H and O–H groups in total. The van der Waals surface area contributed by atoms with Gasteiger partial charge in [0.25, 0.3) is 5.91 Å². The number of methoxy groups -OCH3 is 1. The predicted octanol–water partition coefficient (Wildman–Crippen LogP) is 5.22. The normalized spacial score (nSPS) is 14.6. The summed E-state index contributed by atoms with van der Waals surface area (Å²) in [6.45, 7) is 4.08. The number of benzene rings is 2. The number of likely N-dealkylation sites (tertiary alicyclic amines) is 1. The highest BCUT2D eigenvalue weighted by Crippen LogP contribution is 2.29. The van der Waals surface area contributed by atoms with Crippen LogP contribution in [0.2, 0.25) is 0 Å². The molecule has 15 nitrogen and oxygen atoms in total. The number of anilines is 1. The highest BCUT2D eigenvalue weighted by atomic mass is 16.6. The first-order valence-electron chi connectivity index (χ1n) is 18.1. The molecule has 1 fully saturated rings. The summed E-state index contributed by atoms with van der Waals surface area (Å²) in [5, 5.41) is 5.49. The quantitative estimate of drug-likeness (QED) is 0.0807. The molecule has 2 heterocycles. The fraction of sp³-hybridized carbons (Fsp3) is 0.410. The molecule has 0 unspecified atom stereocenters. The lowest BCUT2D eigenvalue weighted by atomic mass is 9.93. The van der Waals surface area contributed by atoms with E-state index in [1.54, 1.807) is 0 Å². The monoisotopic (exact) mass is 744 g/mol. The molecule has 54 heavy (non-hydrogen) atoms. The largest absolute Gasteiger partial charge is 0.467 e. The highest BCUT2D eigenvalue weighted by molar-refractivity contribution is 6.11. The highest BCUT2D eigenvalue weighted by Gasteiger charge is 2.59. The van der Waals surface area contributed by atoms with Crippen LogP contribution < -0.4 is 15.5 Å². The van der Waals surface area contributed by atoms with Crippen molar-refractivity contribution in [3.05, 3.63) is 95.7 Å². The zero-order valence-corrected chi connectivity index (χ0v) is 30.9. The number of hydrogen-bond donors (Lipinski definition) is 2. The van der Waals surface area contributed by atoms with Crippen molar-refractivity contribution in [3.8, 4) is 0 Å². The molecular formula is C39H48N6O9. The molecule has 0 bridgehead atoms. The molecule has 1 aliphatic rings. The number of pyridine rings is 1. The number of ether oxygens (including phenoxy) is 3. The second-order valence-corrected chi connectivity index (χ2v) is 12.5. The second-order valence-electron chi connectivity index (χ2n) is 12.5. The van der Waals surface area contributed by atoms with Crippen LogP contribution in [-0.2, 0) is 43.2 Å². The van der Waals surface area contributed by atoms with Crippen LogP contribution in [0.1, 0.15) is 56.2 Å². The van der Waals surface area contributed by atoms with Crippen LogP contribution in [-0.4, -0.2) is 96.4 Å². The Morgan fingerprint density at radius 2 is 1.33 bits per heavy atom. The van der Waals surface area contributed by atoms with Crippen molar-refractivity contribution in [3.63, 3.8) is 0 Å². The number of carbonyl (C=O) groups is 6. The SMILES string of the molecule is CCCCOC(=O)N(C(=O)OCCCC)c1cc(CN(C(=O)NCCc2ccccc2)[C@H]2C(=O)N(C(=O)NCCc3ccccc3)[C@@H]2C(=O)OC)ccn1. The van der Waals surface area contributed by atoms with E-state index in [1.165, 1.54) is 18.3 Å². The lowest BCUT2D eigenvalue weighted by Crippen LogP contribution is -2.76. The number of unbranched alkanes of at least 4 members (excludes halogenated alkanes) is 2. The minimum Gasteiger partial charge on any atom is -0.467 e. The summed E-state index contributed by atoms with van der Waals surface area (Å²) in [6, 6.07) is 17.4. The zero-order chi connectivity index (χ0) is 38.9. The molecule has 15 heteroatoms. The molecule has 1 saturated heterocycles. The Hall–Kier alpha value is -5.99. The van der Waals surface area contributed by atoms with Crippen LogP contribution >= 0.6 is 0 Å². The lowest BCUT2D eigenvalue weighted by molar-refractivity contribution is -0.168. The minimum absolute atomic E-state index is 0.0692. The smallest absolute Gasteiger partial charge is 0.425 e. The van der Waals surface area contributed by atoms with E-state index in [0.717, 1.165) is 40.9 Å². The van der Waals surface area contributed by atoms with E-state index in [4.69, 9.17) is 14.2 Å². The first-order valence-corrected chi connectivity index (χ1v) is 18.1. The standard InChI is InChI=1S/C39H48N6O9/c1-4-6-24-53-38(50)44(39(51)54-25-7-5-2)31-26-30(20-21-40-31)27-43(36(48)41-22-18-28-14-10-8-11-15-28)32-33(35(47)52-3)45(34(32)46)37(49)42-23-19-29-16-12-9-13-17-29/h8-17,20-21,26,32-33H,4-7,18-19,22-25,27H2,1-3H3,(H,41,48)(H,42,49)/t32-,33+/m1/s1. The summed E-state index contributed by atoms with van der Waals surface area (Å²) < 4.78 is 15.6. The first-order chi connectivity index (χ1) is 26.2. The van der Waals surface area contributed by atoms with Crippen molar-refractivity contribution >= 4 is 41.9 Å². The second kappa shape index (κ2) is 20.9. The van der Waals surface area contributed by atoms with Gasteiger partial charge in [0.1, 0.15) is 11.9 Å². The maximum absolute atomic E-state index is 13.9. The van der Waals surface area contributed by atoms with Crippen molar-refractivity contribution < 1.29 is 43.0 Å². The number of nitrogens with one attached hydrogen (secondary N) is 2. The molecule has 0 saturated carbocycles. The van der Waals surface area contributed by atoms with Gasteiger partial charge in [-0.2, -0.15) is 4.90 Å². The number of β-lactam (4-membered cyclic amide) rings is 1. The summed E-state index contributed by atoms with van der Waals surface area (Å²) in [7, 11) is 1.13. The number of nitrogens with zero attached hydrogens (tertiary/aromatic N) is 4. The van der Waals surface area contributed by atoms with Crippen LogP contribution in [0.3, 0.4) is 0 Å². The Labute approximate surface area is 314 Å². The van der Waals surface area contributed by atoms with Gasteiger partial charge >= 0.3 is 30.2 Å². The average Bonchev–Trinajstić information content (AvgIpc) is 3.17. The maximum Gasteiger partial charge on any atom is 0.425 e. The van der Waals surface area contributed by atoms with Crippen molar-refractivity contribution in [1.82, 2.24) is 25.4 Å². The van der Waals surface area contributed by atoms with Crippen LogP contribution in [0.5, 0.6) is 0 Å². The Balaban J connectivity index is 1.60. The zero-order valence-electron chi connectivity index (χ0n) is 30.9. The third kappa shape index (κ3) is 11.0. The summed E-state index contributed by atoms with van der Waals surface area (Å²) in [4.78, 5) is 87.2. The van der Waals surface area contributed by atoms with Crippen LogP contribution in [0.15, 0.2) is 79.0 Å². The van der Waals surface area contributed by atoms with Gasteiger partial charge in [-0.25, -0.2) is 33.9 Å². The van der Waals surface area contributed by atoms with Crippen molar-refractivity contribution in [1.29, 1.82) is 0 Å². The first kappa shape index (κ1) is 40.8. The number of rotatable bonds is 17. The van der Waals surface area contributed by atoms with E-state index in [1.807, 2.05) is 74.5 Å². The molecule has 288 valence electrons. The predicted molar refractivity (Wildman–Crippen MR) is 198 cm³/mol. The molecular weight excluding hydrogens is 696 g/mol. The lowest BCUT2D eigenvalue weighted by Gasteiger charge is -2.47. The van der Waals surface area contributed by atoms with E-state index >= 15 is 0 Å². The Kier molecular flexibility index (Phi) is 15.8. The molecule has 0 radical (unpaired) electrons. The third-order valence-electron chi connectivity index (χ3n) is 8.60. The van der Waals surface area contributed by atoms with Gasteiger partial charge in [0.2, 0.25) is 0 Å². The molecule has 7 amide bonds. The Morgan fingerprint density at radius 3 is 1.87 bits per heavy atom. The molecule has 0 aliphatic carbocycles.